The van der Waals surface area contributed by atoms with Crippen LogP contribution in [0.25, 0.3) is 0 Å². The second-order valence-corrected chi connectivity index (χ2v) is 18.4. The van der Waals surface area contributed by atoms with Gasteiger partial charge >= 0.3 is 0 Å². The number of rotatable bonds is 41. The Hall–Kier alpha value is -0.890. The second kappa shape index (κ2) is 37.6. The molecule has 1 aliphatic rings. The van der Waals surface area contributed by atoms with Crippen LogP contribution in [0.5, 0.6) is 0 Å². The minimum absolute atomic E-state index is 0.266. The van der Waals surface area contributed by atoms with Crippen LogP contribution in [0.1, 0.15) is 226 Å². The summed E-state index contributed by atoms with van der Waals surface area (Å²) in [4.78, 5) is 13.1. The molecular formula is C48H95NO10. The van der Waals surface area contributed by atoms with Gasteiger partial charge in [-0.1, -0.05) is 213 Å². The van der Waals surface area contributed by atoms with E-state index in [0.29, 0.717) is 19.3 Å². The van der Waals surface area contributed by atoms with Gasteiger partial charge in [0, 0.05) is 0 Å². The van der Waals surface area contributed by atoms with Crippen molar-refractivity contribution in [2.75, 3.05) is 13.2 Å². The topological polar surface area (TPSA) is 189 Å². The number of hydrogen-bond donors (Lipinski definition) is 8. The summed E-state index contributed by atoms with van der Waals surface area (Å²) in [6, 6.07) is -1.16. The molecule has 0 aliphatic carbocycles. The first-order valence-corrected chi connectivity index (χ1v) is 24.8. The predicted octanol–water partition coefficient (Wildman–Crippen LogP) is 8.53. The summed E-state index contributed by atoms with van der Waals surface area (Å²) in [7, 11) is 0. The highest BCUT2D eigenvalue weighted by molar-refractivity contribution is 5.80. The molecule has 0 aromatic heterocycles. The number of carbonyl (C=O) groups is 1. The summed E-state index contributed by atoms with van der Waals surface area (Å²) in [6.07, 6.45) is 25.9. The lowest BCUT2D eigenvalue weighted by Gasteiger charge is -2.40. The summed E-state index contributed by atoms with van der Waals surface area (Å²) < 4.78 is 11.1. The van der Waals surface area contributed by atoms with Gasteiger partial charge in [-0.05, 0) is 18.8 Å². The van der Waals surface area contributed by atoms with Crippen LogP contribution in [0.3, 0.4) is 0 Å². The molecule has 1 aliphatic heterocycles. The Morgan fingerprint density at radius 3 is 1.36 bits per heavy atom. The maximum atomic E-state index is 13.1. The zero-order valence-electron chi connectivity index (χ0n) is 38.2. The predicted molar refractivity (Wildman–Crippen MR) is 238 cm³/mol. The number of aliphatic hydroxyl groups excluding tert-OH is 7. The largest absolute Gasteiger partial charge is 0.394 e. The zero-order chi connectivity index (χ0) is 43.5. The smallest absolute Gasteiger partial charge is 0.249 e. The van der Waals surface area contributed by atoms with Crippen molar-refractivity contribution >= 4 is 5.91 Å². The molecule has 1 heterocycles. The van der Waals surface area contributed by atoms with E-state index in [1.807, 2.05) is 0 Å². The molecular weight excluding hydrogens is 751 g/mol. The van der Waals surface area contributed by atoms with Gasteiger partial charge in [0.25, 0.3) is 0 Å². The maximum Gasteiger partial charge on any atom is 0.249 e. The Labute approximate surface area is 360 Å². The number of hydrogen-bond acceptors (Lipinski definition) is 10. The molecule has 0 spiro atoms. The van der Waals surface area contributed by atoms with Crippen LogP contribution in [0.4, 0.5) is 0 Å². The van der Waals surface area contributed by atoms with Gasteiger partial charge < -0.3 is 50.5 Å². The quantitative estimate of drug-likeness (QED) is 0.0277. The van der Waals surface area contributed by atoms with Crippen LogP contribution in [0.2, 0.25) is 0 Å². The van der Waals surface area contributed by atoms with Crippen molar-refractivity contribution in [1.29, 1.82) is 0 Å². The van der Waals surface area contributed by atoms with Crippen molar-refractivity contribution in [2.45, 2.75) is 281 Å². The molecule has 0 bridgehead atoms. The zero-order valence-corrected chi connectivity index (χ0v) is 38.2. The molecule has 9 atom stereocenters. The molecule has 0 unspecified atom stereocenters. The second-order valence-electron chi connectivity index (χ2n) is 18.4. The van der Waals surface area contributed by atoms with Crippen LogP contribution < -0.4 is 5.32 Å². The lowest BCUT2D eigenvalue weighted by atomic mass is 9.98. The molecule has 1 saturated heterocycles. The van der Waals surface area contributed by atoms with E-state index in [9.17, 15) is 40.5 Å². The third-order valence-electron chi connectivity index (χ3n) is 12.3. The first-order chi connectivity index (χ1) is 28.5. The van der Waals surface area contributed by atoms with E-state index in [1.165, 1.54) is 141 Å². The fraction of sp³-hybridized carbons (Fsp3) is 0.979. The van der Waals surface area contributed by atoms with E-state index < -0.39 is 74.2 Å². The first-order valence-electron chi connectivity index (χ1n) is 24.8. The molecule has 1 fully saturated rings. The molecule has 1 rings (SSSR count). The third kappa shape index (κ3) is 28.4. The fourth-order valence-electron chi connectivity index (χ4n) is 8.21. The minimum atomic E-state index is -1.66. The van der Waals surface area contributed by atoms with Crippen LogP contribution in [-0.4, -0.2) is 110 Å². The van der Waals surface area contributed by atoms with Crippen LogP contribution in [-0.2, 0) is 14.3 Å². The molecule has 1 amide bonds. The highest BCUT2D eigenvalue weighted by atomic mass is 16.7. The van der Waals surface area contributed by atoms with E-state index in [0.717, 1.165) is 44.4 Å². The lowest BCUT2D eigenvalue weighted by Crippen LogP contribution is -2.60. The third-order valence-corrected chi connectivity index (χ3v) is 12.3. The van der Waals surface area contributed by atoms with Gasteiger partial charge in [0.05, 0.1) is 25.4 Å². The first kappa shape index (κ1) is 56.1. The average Bonchev–Trinajstić information content (AvgIpc) is 3.22. The normalized spacial score (nSPS) is 21.8. The molecule has 59 heavy (non-hydrogen) atoms. The van der Waals surface area contributed by atoms with Crippen molar-refractivity contribution in [2.24, 2.45) is 5.92 Å². The highest BCUT2D eigenvalue weighted by Crippen LogP contribution is 2.23. The van der Waals surface area contributed by atoms with Crippen molar-refractivity contribution in [3.63, 3.8) is 0 Å². The van der Waals surface area contributed by atoms with Crippen LogP contribution in [0.15, 0.2) is 0 Å². The van der Waals surface area contributed by atoms with Gasteiger partial charge in [-0.15, -0.1) is 0 Å². The number of amides is 1. The van der Waals surface area contributed by atoms with Gasteiger partial charge in [0.2, 0.25) is 5.91 Å². The van der Waals surface area contributed by atoms with Gasteiger partial charge in [0.15, 0.2) is 6.29 Å². The van der Waals surface area contributed by atoms with Crippen molar-refractivity contribution in [3.05, 3.63) is 0 Å². The van der Waals surface area contributed by atoms with Gasteiger partial charge in [-0.25, -0.2) is 0 Å². The lowest BCUT2D eigenvalue weighted by molar-refractivity contribution is -0.303. The van der Waals surface area contributed by atoms with E-state index in [2.05, 4.69) is 26.1 Å². The van der Waals surface area contributed by atoms with E-state index >= 15 is 0 Å². The Morgan fingerprint density at radius 1 is 0.559 bits per heavy atom. The molecule has 11 nitrogen and oxygen atoms in total. The molecule has 8 N–H and O–H groups in total. The molecule has 352 valence electrons. The summed E-state index contributed by atoms with van der Waals surface area (Å²) in [5.74, 6) is 0.0843. The molecule has 0 aromatic rings. The average molecular weight is 846 g/mol. The SMILES string of the molecule is CCCCCCCCCCCCCCCCCCCCC[C@@H](O)C(=O)N[C@@H](CO[C@@H]1O[C@H](CO)[C@@H](O)[C@H](O)[C@H]1O)[C@H](O)[C@H](O)CCCCCCCCCCCCC(C)C. The Balaban J connectivity index is 2.39. The molecule has 11 heteroatoms. The summed E-state index contributed by atoms with van der Waals surface area (Å²) in [5.41, 5.74) is 0. The number of unbranched alkanes of at least 4 members (excludes halogenated alkanes) is 27. The minimum Gasteiger partial charge on any atom is -0.394 e. The highest BCUT2D eigenvalue weighted by Gasteiger charge is 2.44. The molecule has 0 radical (unpaired) electrons. The summed E-state index contributed by atoms with van der Waals surface area (Å²) in [6.45, 7) is 5.76. The molecule has 0 aromatic carbocycles. The van der Waals surface area contributed by atoms with Crippen molar-refractivity contribution < 1.29 is 50.0 Å². The monoisotopic (exact) mass is 846 g/mol. The van der Waals surface area contributed by atoms with Gasteiger partial charge in [-0.2, -0.15) is 0 Å². The van der Waals surface area contributed by atoms with Crippen LogP contribution in [0, 0.1) is 5.92 Å². The summed E-state index contributed by atoms with van der Waals surface area (Å²) >= 11 is 0. The van der Waals surface area contributed by atoms with Crippen LogP contribution >= 0.6 is 0 Å². The van der Waals surface area contributed by atoms with Crippen molar-refractivity contribution in [1.82, 2.24) is 5.32 Å². The fourth-order valence-corrected chi connectivity index (χ4v) is 8.21. The summed E-state index contributed by atoms with van der Waals surface area (Å²) in [5, 5.41) is 75.8. The van der Waals surface area contributed by atoms with E-state index in [-0.39, 0.29) is 6.42 Å². The van der Waals surface area contributed by atoms with E-state index in [4.69, 9.17) is 9.47 Å². The maximum absolute atomic E-state index is 13.1. The number of nitrogens with one attached hydrogen (secondary N) is 1. The Kier molecular flexibility index (Phi) is 35.8. The van der Waals surface area contributed by atoms with Gasteiger partial charge in [-0.3, -0.25) is 4.79 Å². The number of carbonyl (C=O) groups excluding carboxylic acids is 1. The number of ether oxygens (including phenoxy) is 2. The Morgan fingerprint density at radius 2 is 0.949 bits per heavy atom. The number of aliphatic hydroxyl groups is 7. The van der Waals surface area contributed by atoms with Crippen molar-refractivity contribution in [3.8, 4) is 0 Å². The molecule has 0 saturated carbocycles. The standard InChI is InChI=1S/C48H95NO10/c1-4-5-6-7-8-9-10-11-12-13-14-15-16-17-18-23-26-29-32-35-41(52)47(57)49-39(37-58-48-46(56)45(55)44(54)42(36-50)59-48)43(53)40(51)34-31-28-25-22-20-19-21-24-27-30-33-38(2)3/h38-46,48,50-56H,4-37H2,1-3H3,(H,49,57)/t39-,40+,41+,42+,43-,44+,45-,46+,48+/m0/s1. The van der Waals surface area contributed by atoms with Gasteiger partial charge in [0.1, 0.15) is 36.6 Å². The van der Waals surface area contributed by atoms with E-state index in [1.54, 1.807) is 0 Å². The Bertz CT molecular complexity index is 941.